The summed E-state index contributed by atoms with van der Waals surface area (Å²) in [4.78, 5) is 5.02. The highest BCUT2D eigenvalue weighted by molar-refractivity contribution is 4.97. The topological polar surface area (TPSA) is 18.5 Å². The van der Waals surface area contributed by atoms with E-state index in [9.17, 15) is 0 Å². The maximum atomic E-state index is 3.62. The number of rotatable bonds is 7. The predicted octanol–water partition coefficient (Wildman–Crippen LogP) is 2.43. The Kier molecular flexibility index (Phi) is 6.78. The molecule has 0 saturated heterocycles. The molecular weight excluding hydrogens is 234 g/mol. The molecule has 0 spiro atoms. The van der Waals surface area contributed by atoms with Crippen molar-refractivity contribution in [1.29, 1.82) is 0 Å². The van der Waals surface area contributed by atoms with Gasteiger partial charge in [0.05, 0.1) is 0 Å². The van der Waals surface area contributed by atoms with Gasteiger partial charge in [-0.3, -0.25) is 4.90 Å². The first-order valence-corrected chi connectivity index (χ1v) is 7.98. The van der Waals surface area contributed by atoms with Crippen LogP contribution in [0.1, 0.15) is 46.5 Å². The Morgan fingerprint density at radius 1 is 1.16 bits per heavy atom. The highest BCUT2D eigenvalue weighted by Gasteiger charge is 2.40. The molecule has 0 amide bonds. The second kappa shape index (κ2) is 7.61. The average Bonchev–Trinajstić information content (AvgIpc) is 2.32. The van der Waals surface area contributed by atoms with Gasteiger partial charge in [-0.25, -0.2) is 0 Å². The van der Waals surface area contributed by atoms with Crippen LogP contribution in [0.25, 0.3) is 0 Å². The maximum absolute atomic E-state index is 3.62. The lowest BCUT2D eigenvalue weighted by atomic mass is 9.70. The first-order chi connectivity index (χ1) is 8.92. The van der Waals surface area contributed by atoms with E-state index in [4.69, 9.17) is 0 Å². The monoisotopic (exact) mass is 269 g/mol. The molecular formula is C16H35N3. The Labute approximate surface area is 120 Å². The summed E-state index contributed by atoms with van der Waals surface area (Å²) in [5.41, 5.74) is 0.418. The molecule has 3 nitrogen and oxygen atoms in total. The molecule has 1 fully saturated rings. The molecule has 0 aromatic carbocycles. The smallest absolute Gasteiger partial charge is 0.0271 e. The van der Waals surface area contributed by atoms with E-state index in [-0.39, 0.29) is 0 Å². The van der Waals surface area contributed by atoms with E-state index in [1.54, 1.807) is 0 Å². The van der Waals surface area contributed by atoms with Crippen molar-refractivity contribution >= 4 is 0 Å². The van der Waals surface area contributed by atoms with Gasteiger partial charge < -0.3 is 10.2 Å². The third kappa shape index (κ3) is 4.73. The number of hydrogen-bond acceptors (Lipinski definition) is 3. The van der Waals surface area contributed by atoms with Gasteiger partial charge in [-0.05, 0) is 52.4 Å². The van der Waals surface area contributed by atoms with Crippen molar-refractivity contribution in [3.63, 3.8) is 0 Å². The molecule has 0 aromatic rings. The highest BCUT2D eigenvalue weighted by atomic mass is 15.2. The minimum Gasteiger partial charge on any atom is -0.315 e. The van der Waals surface area contributed by atoms with Gasteiger partial charge in [-0.15, -0.1) is 0 Å². The second-order valence-electron chi connectivity index (χ2n) is 7.05. The van der Waals surface area contributed by atoms with Crippen LogP contribution in [0.5, 0.6) is 0 Å². The fraction of sp³-hybridized carbons (Fsp3) is 1.00. The van der Waals surface area contributed by atoms with E-state index in [1.807, 2.05) is 0 Å². The predicted molar refractivity (Wildman–Crippen MR) is 84.7 cm³/mol. The van der Waals surface area contributed by atoms with Crippen LogP contribution in [0, 0.1) is 5.41 Å². The van der Waals surface area contributed by atoms with Crippen LogP contribution in [0.4, 0.5) is 0 Å². The SMILES string of the molecule is CCCN(CCN(C)C)C1CCCC(C)(C)C1NC. The van der Waals surface area contributed by atoms with Crippen LogP contribution in [-0.4, -0.2) is 62.7 Å². The minimum absolute atomic E-state index is 0.418. The summed E-state index contributed by atoms with van der Waals surface area (Å²) < 4.78 is 0. The lowest BCUT2D eigenvalue weighted by molar-refractivity contribution is 0.0484. The largest absolute Gasteiger partial charge is 0.315 e. The van der Waals surface area contributed by atoms with E-state index in [0.717, 1.165) is 6.54 Å². The highest BCUT2D eigenvalue weighted by Crippen LogP contribution is 2.37. The molecule has 1 N–H and O–H groups in total. The third-order valence-corrected chi connectivity index (χ3v) is 4.67. The molecule has 0 heterocycles. The first kappa shape index (κ1) is 16.9. The van der Waals surface area contributed by atoms with E-state index < -0.39 is 0 Å². The fourth-order valence-electron chi connectivity index (χ4n) is 3.65. The van der Waals surface area contributed by atoms with Crippen molar-refractivity contribution in [3.05, 3.63) is 0 Å². The summed E-state index contributed by atoms with van der Waals surface area (Å²) in [6.07, 6.45) is 5.32. The Morgan fingerprint density at radius 2 is 1.84 bits per heavy atom. The number of nitrogens with one attached hydrogen (secondary N) is 1. The Bertz CT molecular complexity index is 250. The van der Waals surface area contributed by atoms with Gasteiger partial charge in [0.2, 0.25) is 0 Å². The molecule has 2 atom stereocenters. The molecule has 114 valence electrons. The molecule has 0 aliphatic heterocycles. The van der Waals surface area contributed by atoms with Crippen molar-refractivity contribution in [1.82, 2.24) is 15.1 Å². The van der Waals surface area contributed by atoms with E-state index in [0.29, 0.717) is 17.5 Å². The van der Waals surface area contributed by atoms with Gasteiger partial charge >= 0.3 is 0 Å². The van der Waals surface area contributed by atoms with Crippen molar-refractivity contribution in [2.75, 3.05) is 40.8 Å². The normalized spacial score (nSPS) is 27.2. The van der Waals surface area contributed by atoms with E-state index in [1.165, 1.54) is 38.8 Å². The van der Waals surface area contributed by atoms with Gasteiger partial charge in [-0.2, -0.15) is 0 Å². The molecule has 1 saturated carbocycles. The lowest BCUT2D eigenvalue weighted by Gasteiger charge is -2.48. The van der Waals surface area contributed by atoms with Crippen molar-refractivity contribution in [3.8, 4) is 0 Å². The summed E-state index contributed by atoms with van der Waals surface area (Å²) in [7, 11) is 6.48. The summed E-state index contributed by atoms with van der Waals surface area (Å²) in [5, 5.41) is 3.62. The zero-order valence-electron chi connectivity index (χ0n) is 14.0. The number of likely N-dealkylation sites (N-methyl/N-ethyl adjacent to an activating group) is 2. The summed E-state index contributed by atoms with van der Waals surface area (Å²) in [6.45, 7) is 10.7. The van der Waals surface area contributed by atoms with E-state index >= 15 is 0 Å². The molecule has 1 rings (SSSR count). The number of nitrogens with zero attached hydrogens (tertiary/aromatic N) is 2. The molecule has 19 heavy (non-hydrogen) atoms. The van der Waals surface area contributed by atoms with Crippen LogP contribution < -0.4 is 5.32 Å². The van der Waals surface area contributed by atoms with Gasteiger partial charge in [0.1, 0.15) is 0 Å². The van der Waals surface area contributed by atoms with Crippen molar-refractivity contribution in [2.24, 2.45) is 5.41 Å². The molecule has 0 radical (unpaired) electrons. The maximum Gasteiger partial charge on any atom is 0.0271 e. The standard InChI is InChI=1S/C16H35N3/c1-7-11-19(13-12-18(5)6)14-9-8-10-16(2,3)15(14)17-4/h14-15,17H,7-13H2,1-6H3. The molecule has 0 aromatic heterocycles. The first-order valence-electron chi connectivity index (χ1n) is 7.98. The van der Waals surface area contributed by atoms with Crippen LogP contribution >= 0.6 is 0 Å². The molecule has 3 heteroatoms. The van der Waals surface area contributed by atoms with Crippen molar-refractivity contribution < 1.29 is 0 Å². The van der Waals surface area contributed by atoms with Crippen LogP contribution in [0.15, 0.2) is 0 Å². The summed E-state index contributed by atoms with van der Waals surface area (Å²) >= 11 is 0. The lowest BCUT2D eigenvalue weighted by Crippen LogP contribution is -2.58. The Balaban J connectivity index is 2.74. The molecule has 2 unspecified atom stereocenters. The van der Waals surface area contributed by atoms with Crippen LogP contribution in [-0.2, 0) is 0 Å². The zero-order valence-corrected chi connectivity index (χ0v) is 14.0. The van der Waals surface area contributed by atoms with Gasteiger partial charge in [0.25, 0.3) is 0 Å². The third-order valence-electron chi connectivity index (χ3n) is 4.67. The summed E-state index contributed by atoms with van der Waals surface area (Å²) in [5.74, 6) is 0. The van der Waals surface area contributed by atoms with Gasteiger partial charge in [-0.1, -0.05) is 27.2 Å². The van der Waals surface area contributed by atoms with Gasteiger partial charge in [0.15, 0.2) is 0 Å². The molecule has 0 bridgehead atoms. The average molecular weight is 269 g/mol. The van der Waals surface area contributed by atoms with Gasteiger partial charge in [0, 0.05) is 25.2 Å². The van der Waals surface area contributed by atoms with Crippen LogP contribution in [0.2, 0.25) is 0 Å². The van der Waals surface area contributed by atoms with E-state index in [2.05, 4.69) is 57.0 Å². The zero-order chi connectivity index (χ0) is 14.5. The second-order valence-corrected chi connectivity index (χ2v) is 7.05. The Hall–Kier alpha value is -0.120. The fourth-order valence-corrected chi connectivity index (χ4v) is 3.65. The molecule has 1 aliphatic rings. The summed E-state index contributed by atoms with van der Waals surface area (Å²) in [6, 6.07) is 1.32. The number of hydrogen-bond donors (Lipinski definition) is 1. The quantitative estimate of drug-likeness (QED) is 0.766. The Morgan fingerprint density at radius 3 is 2.37 bits per heavy atom. The minimum atomic E-state index is 0.418. The van der Waals surface area contributed by atoms with Crippen molar-refractivity contribution in [2.45, 2.75) is 58.5 Å². The molecule has 1 aliphatic carbocycles. The van der Waals surface area contributed by atoms with Crippen LogP contribution in [0.3, 0.4) is 0 Å².